The molecule has 0 aliphatic carbocycles. The molecular formula is C29H45N7O2. The largest absolute Gasteiger partial charge is 0.354 e. The molecule has 2 aromatic rings. The lowest BCUT2D eigenvalue weighted by molar-refractivity contribution is -0.132. The first-order valence-electron chi connectivity index (χ1n) is 14.1. The second kappa shape index (κ2) is 12.4. The Morgan fingerprint density at radius 1 is 1.05 bits per heavy atom. The van der Waals surface area contributed by atoms with Crippen molar-refractivity contribution in [3.63, 3.8) is 0 Å². The lowest BCUT2D eigenvalue weighted by atomic mass is 9.99. The molecule has 9 heteroatoms. The SMILES string of the molecule is CC(C)C(N)CC(=O)N1CCN(c2ccn(-c3ccc(CC(C)N4CC(C)[C@H](CN)C4)cc3)c(=O)n2)CC1. The molecule has 0 saturated carbocycles. The van der Waals surface area contributed by atoms with E-state index in [1.54, 1.807) is 10.8 Å². The van der Waals surface area contributed by atoms with Gasteiger partial charge in [0.2, 0.25) is 5.91 Å². The molecular weight excluding hydrogens is 478 g/mol. The molecule has 0 radical (unpaired) electrons. The van der Waals surface area contributed by atoms with E-state index in [4.69, 9.17) is 11.5 Å². The van der Waals surface area contributed by atoms with E-state index in [2.05, 4.69) is 40.8 Å². The van der Waals surface area contributed by atoms with E-state index >= 15 is 0 Å². The molecule has 4 atom stereocenters. The monoisotopic (exact) mass is 523 g/mol. The topological polar surface area (TPSA) is 114 Å². The summed E-state index contributed by atoms with van der Waals surface area (Å²) in [5.41, 5.74) is 13.8. The number of hydrogen-bond donors (Lipinski definition) is 2. The van der Waals surface area contributed by atoms with E-state index in [9.17, 15) is 9.59 Å². The summed E-state index contributed by atoms with van der Waals surface area (Å²) in [6.07, 6.45) is 3.13. The molecule has 9 nitrogen and oxygen atoms in total. The van der Waals surface area contributed by atoms with Crippen LogP contribution in [0.1, 0.15) is 39.7 Å². The van der Waals surface area contributed by atoms with E-state index in [0.717, 1.165) is 31.7 Å². The van der Waals surface area contributed by atoms with Crippen LogP contribution in [0.25, 0.3) is 5.69 Å². The summed E-state index contributed by atoms with van der Waals surface area (Å²) in [7, 11) is 0. The Morgan fingerprint density at radius 3 is 2.32 bits per heavy atom. The van der Waals surface area contributed by atoms with Crippen molar-refractivity contribution < 1.29 is 4.79 Å². The first-order valence-corrected chi connectivity index (χ1v) is 14.1. The van der Waals surface area contributed by atoms with Crippen LogP contribution in [0.15, 0.2) is 41.3 Å². The van der Waals surface area contributed by atoms with Gasteiger partial charge in [0.25, 0.3) is 0 Å². The molecule has 2 aliphatic heterocycles. The van der Waals surface area contributed by atoms with Crippen LogP contribution < -0.4 is 22.1 Å². The minimum Gasteiger partial charge on any atom is -0.353 e. The van der Waals surface area contributed by atoms with Gasteiger partial charge in [-0.05, 0) is 61.4 Å². The highest BCUT2D eigenvalue weighted by atomic mass is 16.2. The summed E-state index contributed by atoms with van der Waals surface area (Å²) >= 11 is 0. The van der Waals surface area contributed by atoms with Gasteiger partial charge in [0.1, 0.15) is 5.82 Å². The van der Waals surface area contributed by atoms with Crippen LogP contribution in [0.3, 0.4) is 0 Å². The predicted octanol–water partition coefficient (Wildman–Crippen LogP) is 1.71. The van der Waals surface area contributed by atoms with Crippen molar-refractivity contribution in [1.82, 2.24) is 19.4 Å². The molecule has 1 aromatic carbocycles. The van der Waals surface area contributed by atoms with Gasteiger partial charge in [0, 0.05) is 64.0 Å². The average Bonchev–Trinajstić information content (AvgIpc) is 3.30. The van der Waals surface area contributed by atoms with Gasteiger partial charge < -0.3 is 21.3 Å². The molecule has 3 heterocycles. The van der Waals surface area contributed by atoms with Gasteiger partial charge in [-0.15, -0.1) is 0 Å². The predicted molar refractivity (Wildman–Crippen MR) is 153 cm³/mol. The van der Waals surface area contributed by atoms with E-state index < -0.39 is 0 Å². The number of nitrogens with two attached hydrogens (primary N) is 2. The number of hydrogen-bond acceptors (Lipinski definition) is 7. The molecule has 4 rings (SSSR count). The fraction of sp³-hybridized carbons (Fsp3) is 0.621. The third-order valence-electron chi connectivity index (χ3n) is 8.48. The third-order valence-corrected chi connectivity index (χ3v) is 8.48. The highest BCUT2D eigenvalue weighted by molar-refractivity contribution is 5.77. The first-order chi connectivity index (χ1) is 18.2. The average molecular weight is 524 g/mol. The standard InChI is InChI=1S/C29H45N7O2/c1-20(2)26(31)16-28(37)34-13-11-33(12-14-34)27-9-10-36(29(38)32-27)25-7-5-23(6-8-25)15-22(4)35-18-21(3)24(17-30)19-35/h5-10,20-22,24,26H,11-19,30-31H2,1-4H3/t21?,22?,24-,26?/m1/s1. The van der Waals surface area contributed by atoms with Crippen molar-refractivity contribution in [3.05, 3.63) is 52.6 Å². The van der Waals surface area contributed by atoms with E-state index in [-0.39, 0.29) is 23.6 Å². The van der Waals surface area contributed by atoms with Gasteiger partial charge in [-0.2, -0.15) is 4.98 Å². The van der Waals surface area contributed by atoms with Gasteiger partial charge in [-0.1, -0.05) is 32.9 Å². The van der Waals surface area contributed by atoms with Crippen LogP contribution >= 0.6 is 0 Å². The lowest BCUT2D eigenvalue weighted by Crippen LogP contribution is -2.50. The summed E-state index contributed by atoms with van der Waals surface area (Å²) in [4.78, 5) is 36.3. The minimum absolute atomic E-state index is 0.0989. The fourth-order valence-corrected chi connectivity index (χ4v) is 5.52. The molecule has 3 unspecified atom stereocenters. The summed E-state index contributed by atoms with van der Waals surface area (Å²) in [5, 5.41) is 0. The highest BCUT2D eigenvalue weighted by Gasteiger charge is 2.31. The van der Waals surface area contributed by atoms with E-state index in [1.165, 1.54) is 5.56 Å². The molecule has 208 valence electrons. The maximum atomic E-state index is 12.9. The van der Waals surface area contributed by atoms with Crippen molar-refractivity contribution in [3.8, 4) is 5.69 Å². The van der Waals surface area contributed by atoms with Crippen LogP contribution in [0, 0.1) is 17.8 Å². The fourth-order valence-electron chi connectivity index (χ4n) is 5.52. The van der Waals surface area contributed by atoms with Gasteiger partial charge >= 0.3 is 5.69 Å². The van der Waals surface area contributed by atoms with Gasteiger partial charge in [-0.3, -0.25) is 14.3 Å². The zero-order valence-electron chi connectivity index (χ0n) is 23.4. The number of carbonyl (C=O) groups is 1. The summed E-state index contributed by atoms with van der Waals surface area (Å²) in [6.45, 7) is 14.1. The number of piperazine rings is 1. The quantitative estimate of drug-likeness (QED) is 0.514. The Balaban J connectivity index is 1.33. The van der Waals surface area contributed by atoms with Gasteiger partial charge in [-0.25, -0.2) is 4.79 Å². The number of anilines is 1. The van der Waals surface area contributed by atoms with E-state index in [0.29, 0.717) is 56.3 Å². The first kappa shape index (κ1) is 28.3. The number of aromatic nitrogens is 2. The molecule has 2 aliphatic rings. The number of nitrogens with zero attached hydrogens (tertiary/aromatic N) is 5. The van der Waals surface area contributed by atoms with E-state index in [1.807, 2.05) is 36.9 Å². The Bertz CT molecular complexity index is 1120. The molecule has 0 bridgehead atoms. The molecule has 4 N–H and O–H groups in total. The van der Waals surface area contributed by atoms with Crippen LogP contribution in [-0.2, 0) is 11.2 Å². The molecule has 2 fully saturated rings. The van der Waals surface area contributed by atoms with Crippen molar-refractivity contribution in [2.24, 2.45) is 29.2 Å². The van der Waals surface area contributed by atoms with Crippen molar-refractivity contribution >= 4 is 11.7 Å². The second-order valence-electron chi connectivity index (χ2n) is 11.6. The van der Waals surface area contributed by atoms with Crippen LogP contribution in [0.4, 0.5) is 5.82 Å². The number of benzene rings is 1. The normalized spacial score (nSPS) is 22.2. The molecule has 38 heavy (non-hydrogen) atoms. The summed E-state index contributed by atoms with van der Waals surface area (Å²) < 4.78 is 1.58. The maximum absolute atomic E-state index is 12.9. The Morgan fingerprint density at radius 2 is 1.74 bits per heavy atom. The number of likely N-dealkylation sites (tertiary alicyclic amines) is 1. The Hall–Kier alpha value is -2.75. The van der Waals surface area contributed by atoms with Crippen molar-refractivity contribution in [2.45, 2.75) is 52.6 Å². The smallest absolute Gasteiger partial charge is 0.353 e. The van der Waals surface area contributed by atoms with Gasteiger partial charge in [0.05, 0.1) is 5.69 Å². The third kappa shape index (κ3) is 6.62. The Kier molecular flexibility index (Phi) is 9.23. The number of carbonyl (C=O) groups excluding carboxylic acids is 1. The molecule has 0 spiro atoms. The zero-order valence-corrected chi connectivity index (χ0v) is 23.4. The maximum Gasteiger partial charge on any atom is 0.354 e. The van der Waals surface area contributed by atoms with Crippen LogP contribution in [0.5, 0.6) is 0 Å². The van der Waals surface area contributed by atoms with Crippen LogP contribution in [0.2, 0.25) is 0 Å². The molecule has 1 amide bonds. The number of amides is 1. The molecule has 1 aromatic heterocycles. The molecule has 2 saturated heterocycles. The second-order valence-corrected chi connectivity index (χ2v) is 11.6. The lowest BCUT2D eigenvalue weighted by Gasteiger charge is -2.36. The van der Waals surface area contributed by atoms with Gasteiger partial charge in [0.15, 0.2) is 0 Å². The zero-order chi connectivity index (χ0) is 27.4. The van der Waals surface area contributed by atoms with Crippen molar-refractivity contribution in [1.29, 1.82) is 0 Å². The number of rotatable bonds is 9. The Labute approximate surface area is 226 Å². The summed E-state index contributed by atoms with van der Waals surface area (Å²) in [5.74, 6) is 2.26. The summed E-state index contributed by atoms with van der Waals surface area (Å²) in [6, 6.07) is 10.4. The van der Waals surface area contributed by atoms with Crippen LogP contribution in [-0.4, -0.2) is 83.2 Å². The minimum atomic E-state index is -0.302. The highest BCUT2D eigenvalue weighted by Crippen LogP contribution is 2.25. The van der Waals surface area contributed by atoms with Crippen molar-refractivity contribution in [2.75, 3.05) is 50.7 Å².